The number of halogens is 1. The molecule has 0 aliphatic carbocycles. The zero-order valence-electron chi connectivity index (χ0n) is 13.0. The minimum atomic E-state index is 0.177. The molecule has 3 aromatic rings. The van der Waals surface area contributed by atoms with Crippen LogP contribution in [0.5, 0.6) is 11.5 Å². The van der Waals surface area contributed by atoms with Crippen molar-refractivity contribution in [3.05, 3.63) is 58.7 Å². The van der Waals surface area contributed by atoms with Gasteiger partial charge >= 0.3 is 0 Å². The molecule has 1 aliphatic heterocycles. The predicted octanol–water partition coefficient (Wildman–Crippen LogP) is 4.21. The van der Waals surface area contributed by atoms with Crippen molar-refractivity contribution in [2.75, 3.05) is 12.1 Å². The fourth-order valence-electron chi connectivity index (χ4n) is 2.50. The highest BCUT2D eigenvalue weighted by Gasteiger charge is 2.17. The predicted molar refractivity (Wildman–Crippen MR) is 91.6 cm³/mol. The Kier molecular flexibility index (Phi) is 3.92. The first kappa shape index (κ1) is 15.4. The largest absolute Gasteiger partial charge is 0.454 e. The molecule has 0 atom stereocenters. The maximum atomic E-state index is 9.29. The Hall–Kier alpha value is -3.17. The molecule has 0 spiro atoms. The van der Waals surface area contributed by atoms with Crippen molar-refractivity contribution in [3.63, 3.8) is 0 Å². The summed E-state index contributed by atoms with van der Waals surface area (Å²) < 4.78 is 16.3. The molecule has 0 amide bonds. The summed E-state index contributed by atoms with van der Waals surface area (Å²) >= 11 is 6.16. The van der Waals surface area contributed by atoms with E-state index in [1.54, 1.807) is 12.1 Å². The second-order valence-electron chi connectivity index (χ2n) is 5.33. The summed E-state index contributed by atoms with van der Waals surface area (Å²) in [5.74, 6) is 2.03. The normalized spacial score (nSPS) is 12.0. The third kappa shape index (κ3) is 2.97. The summed E-state index contributed by atoms with van der Waals surface area (Å²) in [5.41, 5.74) is 1.77. The Balaban J connectivity index is 1.57. The molecular weight excluding hydrogens is 342 g/mol. The first-order chi connectivity index (χ1) is 12.2. The highest BCUT2D eigenvalue weighted by Crippen LogP contribution is 2.33. The van der Waals surface area contributed by atoms with Gasteiger partial charge in [-0.3, -0.25) is 0 Å². The van der Waals surface area contributed by atoms with Crippen molar-refractivity contribution in [2.24, 2.45) is 0 Å². The van der Waals surface area contributed by atoms with Gasteiger partial charge in [-0.1, -0.05) is 29.8 Å². The van der Waals surface area contributed by atoms with Crippen molar-refractivity contribution in [1.82, 2.24) is 4.98 Å². The maximum Gasteiger partial charge on any atom is 0.232 e. The lowest BCUT2D eigenvalue weighted by molar-refractivity contribution is 0.174. The van der Waals surface area contributed by atoms with E-state index in [0.717, 1.165) is 11.3 Å². The van der Waals surface area contributed by atoms with Crippen molar-refractivity contribution in [2.45, 2.75) is 6.54 Å². The summed E-state index contributed by atoms with van der Waals surface area (Å²) in [6.45, 7) is 0.677. The van der Waals surface area contributed by atoms with E-state index in [1.165, 1.54) is 0 Å². The number of hydrogen-bond donors (Lipinski definition) is 1. The van der Waals surface area contributed by atoms with E-state index < -0.39 is 0 Å². The Morgan fingerprint density at radius 3 is 2.84 bits per heavy atom. The Bertz CT molecular complexity index is 978. The highest BCUT2D eigenvalue weighted by atomic mass is 35.5. The topological polar surface area (TPSA) is 80.3 Å². The Morgan fingerprint density at radius 2 is 2.00 bits per heavy atom. The Morgan fingerprint density at radius 1 is 1.16 bits per heavy atom. The minimum absolute atomic E-state index is 0.177. The van der Waals surface area contributed by atoms with E-state index in [9.17, 15) is 5.26 Å². The molecule has 1 N–H and O–H groups in total. The quantitative estimate of drug-likeness (QED) is 0.756. The fourth-order valence-corrected chi connectivity index (χ4v) is 2.72. The molecule has 0 unspecified atom stereocenters. The number of anilines is 1. The average molecular weight is 354 g/mol. The van der Waals surface area contributed by atoms with Gasteiger partial charge in [-0.25, -0.2) is 0 Å². The van der Waals surface area contributed by atoms with E-state index in [1.807, 2.05) is 36.4 Å². The summed E-state index contributed by atoms with van der Waals surface area (Å²) in [6.07, 6.45) is 0. The third-order valence-electron chi connectivity index (χ3n) is 3.73. The molecule has 0 bridgehead atoms. The van der Waals surface area contributed by atoms with E-state index >= 15 is 0 Å². The van der Waals surface area contributed by atoms with Crippen LogP contribution in [0.25, 0.3) is 11.5 Å². The minimum Gasteiger partial charge on any atom is -0.454 e. The van der Waals surface area contributed by atoms with Crippen LogP contribution in [0.1, 0.15) is 11.3 Å². The number of aromatic nitrogens is 1. The SMILES string of the molecule is N#Cc1nc(-c2ccccc2Cl)oc1NCc1ccc2c(c1)OCO2. The molecule has 25 heavy (non-hydrogen) atoms. The molecule has 7 heteroatoms. The Labute approximate surface area is 148 Å². The molecule has 124 valence electrons. The molecule has 6 nitrogen and oxygen atoms in total. The molecule has 2 heterocycles. The fraction of sp³-hybridized carbons (Fsp3) is 0.111. The van der Waals surface area contributed by atoms with Crippen LogP contribution in [-0.4, -0.2) is 11.8 Å². The van der Waals surface area contributed by atoms with Gasteiger partial charge in [0.2, 0.25) is 24.3 Å². The van der Waals surface area contributed by atoms with Gasteiger partial charge < -0.3 is 19.2 Å². The number of nitrogens with zero attached hydrogens (tertiary/aromatic N) is 2. The van der Waals surface area contributed by atoms with E-state index in [2.05, 4.69) is 10.3 Å². The molecule has 0 radical (unpaired) electrons. The number of nitrogens with one attached hydrogen (secondary N) is 1. The van der Waals surface area contributed by atoms with E-state index in [-0.39, 0.29) is 12.5 Å². The number of benzene rings is 2. The van der Waals surface area contributed by atoms with Crippen LogP contribution in [0.15, 0.2) is 46.9 Å². The maximum absolute atomic E-state index is 9.29. The molecule has 0 fully saturated rings. The molecular formula is C18H12ClN3O3. The van der Waals surface area contributed by atoms with Gasteiger partial charge in [0.05, 0.1) is 10.6 Å². The molecule has 0 saturated carbocycles. The number of nitriles is 1. The van der Waals surface area contributed by atoms with Gasteiger partial charge in [-0.2, -0.15) is 10.2 Å². The molecule has 1 aliphatic rings. The highest BCUT2D eigenvalue weighted by molar-refractivity contribution is 6.33. The third-order valence-corrected chi connectivity index (χ3v) is 4.06. The number of hydrogen-bond acceptors (Lipinski definition) is 6. The van der Waals surface area contributed by atoms with Gasteiger partial charge in [0, 0.05) is 6.54 Å². The zero-order valence-corrected chi connectivity index (χ0v) is 13.7. The summed E-state index contributed by atoms with van der Waals surface area (Å²) in [6, 6.07) is 14.9. The monoisotopic (exact) mass is 353 g/mol. The van der Waals surface area contributed by atoms with Crippen LogP contribution < -0.4 is 14.8 Å². The van der Waals surface area contributed by atoms with Crippen molar-refractivity contribution >= 4 is 17.5 Å². The van der Waals surface area contributed by atoms with Gasteiger partial charge in [0.25, 0.3) is 0 Å². The van der Waals surface area contributed by atoms with E-state index in [0.29, 0.717) is 34.7 Å². The summed E-state index contributed by atoms with van der Waals surface area (Å²) in [5, 5.41) is 12.9. The lowest BCUT2D eigenvalue weighted by atomic mass is 10.2. The molecule has 1 aromatic heterocycles. The molecule has 0 saturated heterocycles. The average Bonchev–Trinajstić information content (AvgIpc) is 3.26. The van der Waals surface area contributed by atoms with Crippen molar-refractivity contribution < 1.29 is 13.9 Å². The summed E-state index contributed by atoms with van der Waals surface area (Å²) in [4.78, 5) is 4.21. The van der Waals surface area contributed by atoms with Crippen LogP contribution in [0, 0.1) is 11.3 Å². The second-order valence-corrected chi connectivity index (χ2v) is 5.74. The van der Waals surface area contributed by atoms with Gasteiger partial charge in [-0.15, -0.1) is 0 Å². The number of rotatable bonds is 4. The lowest BCUT2D eigenvalue weighted by Gasteiger charge is -2.04. The van der Waals surface area contributed by atoms with Crippen molar-refractivity contribution in [3.8, 4) is 29.0 Å². The number of oxazole rings is 1. The van der Waals surface area contributed by atoms with Crippen LogP contribution in [0.2, 0.25) is 5.02 Å². The zero-order chi connectivity index (χ0) is 17.2. The molecule has 2 aromatic carbocycles. The summed E-state index contributed by atoms with van der Waals surface area (Å²) in [7, 11) is 0. The van der Waals surface area contributed by atoms with Crippen LogP contribution in [0.4, 0.5) is 5.88 Å². The second kappa shape index (κ2) is 6.38. The smallest absolute Gasteiger partial charge is 0.232 e. The first-order valence-electron chi connectivity index (χ1n) is 7.53. The van der Waals surface area contributed by atoms with Crippen LogP contribution in [0.3, 0.4) is 0 Å². The van der Waals surface area contributed by atoms with Gasteiger partial charge in [0.1, 0.15) is 6.07 Å². The van der Waals surface area contributed by atoms with Crippen LogP contribution >= 0.6 is 11.6 Å². The number of ether oxygens (including phenoxy) is 2. The van der Waals surface area contributed by atoms with Crippen LogP contribution in [-0.2, 0) is 6.54 Å². The number of fused-ring (bicyclic) bond motifs is 1. The lowest BCUT2D eigenvalue weighted by Crippen LogP contribution is -1.99. The van der Waals surface area contributed by atoms with E-state index in [4.69, 9.17) is 25.5 Å². The first-order valence-corrected chi connectivity index (χ1v) is 7.90. The van der Waals surface area contributed by atoms with Crippen molar-refractivity contribution in [1.29, 1.82) is 5.26 Å². The standard InChI is InChI=1S/C18H12ClN3O3/c19-13-4-2-1-3-12(13)17-22-14(8-20)18(25-17)21-9-11-5-6-15-16(7-11)24-10-23-15/h1-7,21H,9-10H2. The molecule has 4 rings (SSSR count). The van der Waals surface area contributed by atoms with Gasteiger partial charge in [-0.05, 0) is 29.8 Å². The van der Waals surface area contributed by atoms with Gasteiger partial charge in [0.15, 0.2) is 11.5 Å².